The lowest BCUT2D eigenvalue weighted by molar-refractivity contribution is -0.0906. The average Bonchev–Trinajstić information content (AvgIpc) is 2.80. The zero-order valence-corrected chi connectivity index (χ0v) is 17.3. The molecule has 0 bridgehead atoms. The summed E-state index contributed by atoms with van der Waals surface area (Å²) in [6.45, 7) is 3.59. The van der Waals surface area contributed by atoms with E-state index in [4.69, 9.17) is 9.47 Å². The van der Waals surface area contributed by atoms with Gasteiger partial charge in [-0.2, -0.15) is 0 Å². The quantitative estimate of drug-likeness (QED) is 0.660. The van der Waals surface area contributed by atoms with Gasteiger partial charge in [-0.05, 0) is 42.3 Å². The van der Waals surface area contributed by atoms with Gasteiger partial charge in [-0.25, -0.2) is 9.18 Å². The Morgan fingerprint density at radius 3 is 2.81 bits per heavy atom. The molecular weight excluding hydrogens is 397 g/mol. The molecule has 0 spiro atoms. The number of nitrogens with one attached hydrogen (secondary N) is 1. The standard InChI is InChI=1S/C24H24FN3O3/c1-24(19-6-3-2-4-7-19)17-28(12-13-30-24)23(29)27-15-18-9-10-22(21(25)14-18)31-20-8-5-11-26-16-20/h2-11,14,16H,12-13,15,17H2,1H3,(H,27,29). The van der Waals surface area contributed by atoms with Crippen molar-refractivity contribution in [3.63, 3.8) is 0 Å². The molecule has 2 aromatic carbocycles. The van der Waals surface area contributed by atoms with Crippen LogP contribution in [-0.2, 0) is 16.9 Å². The predicted octanol–water partition coefficient (Wildman–Crippen LogP) is 4.47. The zero-order valence-electron chi connectivity index (χ0n) is 17.3. The lowest BCUT2D eigenvalue weighted by atomic mass is 9.94. The molecule has 1 fully saturated rings. The maximum atomic E-state index is 14.4. The van der Waals surface area contributed by atoms with E-state index in [-0.39, 0.29) is 18.3 Å². The second-order valence-electron chi connectivity index (χ2n) is 7.58. The number of urea groups is 1. The van der Waals surface area contributed by atoms with E-state index in [9.17, 15) is 9.18 Å². The SMILES string of the molecule is CC1(c2ccccc2)CN(C(=O)NCc2ccc(Oc3cccnc3)c(F)c2)CCO1. The number of hydrogen-bond acceptors (Lipinski definition) is 4. The van der Waals surface area contributed by atoms with Gasteiger partial charge < -0.3 is 19.7 Å². The highest BCUT2D eigenvalue weighted by Crippen LogP contribution is 2.29. The van der Waals surface area contributed by atoms with Crippen molar-refractivity contribution in [3.05, 3.63) is 90.0 Å². The van der Waals surface area contributed by atoms with Crippen LogP contribution < -0.4 is 10.1 Å². The first-order valence-corrected chi connectivity index (χ1v) is 10.1. The molecule has 3 aromatic rings. The number of rotatable bonds is 5. The predicted molar refractivity (Wildman–Crippen MR) is 114 cm³/mol. The summed E-state index contributed by atoms with van der Waals surface area (Å²) in [6.07, 6.45) is 3.13. The molecule has 1 aliphatic rings. The van der Waals surface area contributed by atoms with Crippen molar-refractivity contribution in [2.24, 2.45) is 0 Å². The Balaban J connectivity index is 1.35. The van der Waals surface area contributed by atoms with E-state index in [0.29, 0.717) is 31.0 Å². The van der Waals surface area contributed by atoms with Crippen molar-refractivity contribution in [2.45, 2.75) is 19.1 Å². The molecule has 1 aromatic heterocycles. The Bertz CT molecular complexity index is 1030. The first-order valence-electron chi connectivity index (χ1n) is 10.1. The molecule has 6 nitrogen and oxygen atoms in total. The van der Waals surface area contributed by atoms with Crippen LogP contribution in [0.2, 0.25) is 0 Å². The first kappa shape index (κ1) is 20.8. The van der Waals surface area contributed by atoms with Crippen LogP contribution >= 0.6 is 0 Å². The van der Waals surface area contributed by atoms with E-state index >= 15 is 0 Å². The van der Waals surface area contributed by atoms with E-state index in [1.54, 1.807) is 35.4 Å². The molecule has 7 heteroatoms. The normalized spacial score (nSPS) is 18.5. The second-order valence-corrected chi connectivity index (χ2v) is 7.58. The molecule has 2 heterocycles. The molecule has 1 unspecified atom stereocenters. The maximum absolute atomic E-state index is 14.4. The van der Waals surface area contributed by atoms with Crippen molar-refractivity contribution in [2.75, 3.05) is 19.7 Å². The fourth-order valence-electron chi connectivity index (χ4n) is 3.57. The van der Waals surface area contributed by atoms with Crippen molar-refractivity contribution < 1.29 is 18.7 Å². The number of carbonyl (C=O) groups is 1. The number of morpholine rings is 1. The van der Waals surface area contributed by atoms with Gasteiger partial charge in [-0.1, -0.05) is 36.4 Å². The summed E-state index contributed by atoms with van der Waals surface area (Å²) in [5, 5.41) is 2.87. The lowest BCUT2D eigenvalue weighted by Gasteiger charge is -2.40. The number of ether oxygens (including phenoxy) is 2. The summed E-state index contributed by atoms with van der Waals surface area (Å²) < 4.78 is 25.9. The van der Waals surface area contributed by atoms with E-state index in [0.717, 1.165) is 5.56 Å². The summed E-state index contributed by atoms with van der Waals surface area (Å²) in [5.74, 6) is 0.0600. The smallest absolute Gasteiger partial charge is 0.317 e. The van der Waals surface area contributed by atoms with Crippen molar-refractivity contribution in [1.29, 1.82) is 0 Å². The molecule has 0 radical (unpaired) electrons. The van der Waals surface area contributed by atoms with E-state index in [1.807, 2.05) is 37.3 Å². The van der Waals surface area contributed by atoms with Crippen LogP contribution in [0.4, 0.5) is 9.18 Å². The summed E-state index contributed by atoms with van der Waals surface area (Å²) in [6, 6.07) is 17.7. The van der Waals surface area contributed by atoms with Crippen LogP contribution in [0.1, 0.15) is 18.1 Å². The van der Waals surface area contributed by atoms with E-state index in [1.165, 1.54) is 12.3 Å². The molecule has 1 aliphatic heterocycles. The molecule has 0 saturated carbocycles. The summed E-state index contributed by atoms with van der Waals surface area (Å²) in [7, 11) is 0. The molecule has 0 aliphatic carbocycles. The van der Waals surface area contributed by atoms with E-state index < -0.39 is 11.4 Å². The molecule has 4 rings (SSSR count). The van der Waals surface area contributed by atoms with Crippen LogP contribution in [-0.4, -0.2) is 35.6 Å². The third-order valence-corrected chi connectivity index (χ3v) is 5.25. The topological polar surface area (TPSA) is 63.7 Å². The zero-order chi connectivity index (χ0) is 21.7. The van der Waals surface area contributed by atoms with Crippen molar-refractivity contribution in [1.82, 2.24) is 15.2 Å². The highest BCUT2D eigenvalue weighted by molar-refractivity contribution is 5.74. The summed E-state index contributed by atoms with van der Waals surface area (Å²) >= 11 is 0. The van der Waals surface area contributed by atoms with Crippen LogP contribution in [0.3, 0.4) is 0 Å². The van der Waals surface area contributed by atoms with Crippen LogP contribution in [0.15, 0.2) is 73.1 Å². The lowest BCUT2D eigenvalue weighted by Crippen LogP contribution is -2.53. The Kier molecular flexibility index (Phi) is 6.13. The second kappa shape index (κ2) is 9.14. The van der Waals surface area contributed by atoms with Crippen molar-refractivity contribution >= 4 is 6.03 Å². The summed E-state index contributed by atoms with van der Waals surface area (Å²) in [5.41, 5.74) is 1.11. The summed E-state index contributed by atoms with van der Waals surface area (Å²) in [4.78, 5) is 18.4. The Morgan fingerprint density at radius 1 is 1.23 bits per heavy atom. The number of benzene rings is 2. The molecule has 31 heavy (non-hydrogen) atoms. The highest BCUT2D eigenvalue weighted by atomic mass is 19.1. The number of pyridine rings is 1. The third-order valence-electron chi connectivity index (χ3n) is 5.25. The molecule has 1 atom stereocenters. The van der Waals surface area contributed by atoms with E-state index in [2.05, 4.69) is 10.3 Å². The number of aromatic nitrogens is 1. The van der Waals surface area contributed by atoms with Gasteiger partial charge in [0.2, 0.25) is 0 Å². The number of hydrogen-bond donors (Lipinski definition) is 1. The monoisotopic (exact) mass is 421 g/mol. The number of amides is 2. The molecule has 1 N–H and O–H groups in total. The number of halogens is 1. The number of nitrogens with zero attached hydrogens (tertiary/aromatic N) is 2. The fourth-order valence-corrected chi connectivity index (χ4v) is 3.57. The molecule has 160 valence electrons. The third kappa shape index (κ3) is 5.00. The minimum atomic E-state index is -0.561. The Labute approximate surface area is 180 Å². The molecule has 1 saturated heterocycles. The van der Waals surface area contributed by atoms with Crippen LogP contribution in [0, 0.1) is 5.82 Å². The average molecular weight is 421 g/mol. The largest absolute Gasteiger partial charge is 0.453 e. The maximum Gasteiger partial charge on any atom is 0.317 e. The van der Waals surface area contributed by atoms with Gasteiger partial charge in [0.15, 0.2) is 11.6 Å². The van der Waals surface area contributed by atoms with Gasteiger partial charge in [0.1, 0.15) is 11.4 Å². The molecule has 2 amide bonds. The first-order chi connectivity index (χ1) is 15.0. The molecular formula is C24H24FN3O3. The van der Waals surface area contributed by atoms with Gasteiger partial charge in [0, 0.05) is 19.3 Å². The highest BCUT2D eigenvalue weighted by Gasteiger charge is 2.35. The van der Waals surface area contributed by atoms with Crippen LogP contribution in [0.25, 0.3) is 0 Å². The Morgan fingerprint density at radius 2 is 2.06 bits per heavy atom. The van der Waals surface area contributed by atoms with Gasteiger partial charge in [-0.3, -0.25) is 4.98 Å². The minimum absolute atomic E-state index is 0.106. The van der Waals surface area contributed by atoms with Gasteiger partial charge in [0.25, 0.3) is 0 Å². The minimum Gasteiger partial charge on any atom is -0.453 e. The Hall–Kier alpha value is -3.45. The number of carbonyl (C=O) groups excluding carboxylic acids is 1. The van der Waals surface area contributed by atoms with Gasteiger partial charge in [0.05, 0.1) is 19.3 Å². The van der Waals surface area contributed by atoms with Gasteiger partial charge in [-0.15, -0.1) is 0 Å². The van der Waals surface area contributed by atoms with Gasteiger partial charge >= 0.3 is 6.03 Å². The van der Waals surface area contributed by atoms with Crippen molar-refractivity contribution in [3.8, 4) is 11.5 Å². The fraction of sp³-hybridized carbons (Fsp3) is 0.250. The van der Waals surface area contributed by atoms with Crippen LogP contribution in [0.5, 0.6) is 11.5 Å².